The van der Waals surface area contributed by atoms with Gasteiger partial charge in [0.05, 0.1) is 22.7 Å². The summed E-state index contributed by atoms with van der Waals surface area (Å²) in [6.45, 7) is 2.65. The van der Waals surface area contributed by atoms with Crippen LogP contribution < -0.4 is 0 Å². The number of sulfone groups is 1. The number of hydrogen-bond donors (Lipinski definition) is 1. The molecule has 1 aliphatic heterocycles. The highest BCUT2D eigenvalue weighted by atomic mass is 32.2. The van der Waals surface area contributed by atoms with E-state index in [9.17, 15) is 21.6 Å². The molecule has 7 nitrogen and oxygen atoms in total. The van der Waals surface area contributed by atoms with Crippen molar-refractivity contribution < 1.29 is 26.7 Å². The number of nitrogens with zero attached hydrogens (tertiary/aromatic N) is 1. The maximum Gasteiger partial charge on any atom is 0.310 e. The molecule has 19 heavy (non-hydrogen) atoms. The minimum atomic E-state index is -3.81. The minimum absolute atomic E-state index is 0.0279. The highest BCUT2D eigenvalue weighted by Gasteiger charge is 2.40. The second-order valence-corrected chi connectivity index (χ2v) is 9.78. The van der Waals surface area contributed by atoms with Crippen LogP contribution in [0, 0.1) is 5.41 Å². The summed E-state index contributed by atoms with van der Waals surface area (Å²) < 4.78 is 47.9. The van der Waals surface area contributed by atoms with Gasteiger partial charge in [-0.1, -0.05) is 0 Å². The number of carboxylic acid groups (broad SMARTS) is 1. The van der Waals surface area contributed by atoms with Crippen molar-refractivity contribution in [2.45, 2.75) is 26.3 Å². The summed E-state index contributed by atoms with van der Waals surface area (Å²) in [5.41, 5.74) is -1.41. The van der Waals surface area contributed by atoms with E-state index in [1.165, 1.54) is 20.9 Å². The number of carboxylic acids is 1. The van der Waals surface area contributed by atoms with E-state index in [1.54, 1.807) is 0 Å². The first-order valence-electron chi connectivity index (χ1n) is 5.77. The lowest BCUT2D eigenvalue weighted by Gasteiger charge is -2.27. The largest absolute Gasteiger partial charge is 0.481 e. The number of hydrogen-bond acceptors (Lipinski definition) is 5. The van der Waals surface area contributed by atoms with Crippen LogP contribution >= 0.6 is 0 Å². The van der Waals surface area contributed by atoms with Crippen LogP contribution in [0.3, 0.4) is 0 Å². The third kappa shape index (κ3) is 3.90. The molecular weight excluding hydrogens is 294 g/mol. The van der Waals surface area contributed by atoms with Crippen LogP contribution in [-0.4, -0.2) is 62.6 Å². The van der Waals surface area contributed by atoms with E-state index < -0.39 is 43.0 Å². The lowest BCUT2D eigenvalue weighted by molar-refractivity contribution is -0.145. The van der Waals surface area contributed by atoms with Gasteiger partial charge in [0.15, 0.2) is 9.84 Å². The van der Waals surface area contributed by atoms with Gasteiger partial charge in [0, 0.05) is 13.1 Å². The molecular formula is C10H19NO6S2. The molecule has 0 bridgehead atoms. The second-order valence-electron chi connectivity index (χ2n) is 5.52. The monoisotopic (exact) mass is 313 g/mol. The van der Waals surface area contributed by atoms with E-state index in [-0.39, 0.29) is 17.9 Å². The average Bonchev–Trinajstić information content (AvgIpc) is 2.55. The summed E-state index contributed by atoms with van der Waals surface area (Å²) in [6, 6.07) is -0.598. The molecule has 0 aliphatic carbocycles. The average molecular weight is 313 g/mol. The second kappa shape index (κ2) is 5.02. The van der Waals surface area contributed by atoms with Gasteiger partial charge in [-0.2, -0.15) is 0 Å². The van der Waals surface area contributed by atoms with Gasteiger partial charge >= 0.3 is 5.97 Å². The van der Waals surface area contributed by atoms with Crippen molar-refractivity contribution in [2.75, 3.05) is 24.3 Å². The molecule has 0 aromatic carbocycles. The molecule has 1 N–H and O–H groups in total. The summed E-state index contributed by atoms with van der Waals surface area (Å²) >= 11 is 0. The first-order chi connectivity index (χ1) is 8.37. The maximum atomic E-state index is 12.1. The Morgan fingerprint density at radius 1 is 1.42 bits per heavy atom. The number of rotatable bonds is 5. The highest BCUT2D eigenvalue weighted by Crippen LogP contribution is 2.24. The fourth-order valence-electron chi connectivity index (χ4n) is 1.91. The third-order valence-corrected chi connectivity index (χ3v) is 7.30. The van der Waals surface area contributed by atoms with E-state index in [1.807, 2.05) is 0 Å². The third-order valence-electron chi connectivity index (χ3n) is 3.28. The minimum Gasteiger partial charge on any atom is -0.481 e. The Bertz CT molecular complexity index is 563. The fraction of sp³-hybridized carbons (Fsp3) is 0.900. The normalized spacial score (nSPS) is 23.7. The molecule has 1 saturated heterocycles. The Hall–Kier alpha value is -0.670. The van der Waals surface area contributed by atoms with Gasteiger partial charge in [0.25, 0.3) is 0 Å². The molecule has 0 amide bonds. The van der Waals surface area contributed by atoms with Crippen LogP contribution in [0.5, 0.6) is 0 Å². The van der Waals surface area contributed by atoms with E-state index >= 15 is 0 Å². The van der Waals surface area contributed by atoms with Crippen molar-refractivity contribution >= 4 is 25.8 Å². The molecule has 0 aromatic heterocycles. The quantitative estimate of drug-likeness (QED) is 0.736. The van der Waals surface area contributed by atoms with E-state index in [4.69, 9.17) is 5.11 Å². The SMILES string of the molecule is CN(C1CCS(=O)(=O)C1)S(=O)(=O)CC(C)(C)C(=O)O. The molecule has 0 spiro atoms. The van der Waals surface area contributed by atoms with Crippen molar-refractivity contribution in [3.63, 3.8) is 0 Å². The molecule has 0 saturated carbocycles. The van der Waals surface area contributed by atoms with Crippen molar-refractivity contribution in [1.82, 2.24) is 4.31 Å². The topological polar surface area (TPSA) is 109 Å². The van der Waals surface area contributed by atoms with Crippen LogP contribution in [0.1, 0.15) is 20.3 Å². The predicted molar refractivity (Wildman–Crippen MR) is 70.0 cm³/mol. The fourth-order valence-corrected chi connectivity index (χ4v) is 5.65. The van der Waals surface area contributed by atoms with Gasteiger partial charge in [-0.3, -0.25) is 4.79 Å². The van der Waals surface area contributed by atoms with Gasteiger partial charge in [-0.15, -0.1) is 0 Å². The number of carbonyl (C=O) groups is 1. The zero-order chi connectivity index (χ0) is 15.1. The van der Waals surface area contributed by atoms with Gasteiger partial charge < -0.3 is 5.11 Å². The predicted octanol–water partition coefficient (Wildman–Crippen LogP) is -0.454. The summed E-state index contributed by atoms with van der Waals surface area (Å²) in [6.07, 6.45) is 0.256. The Morgan fingerprint density at radius 2 is 1.95 bits per heavy atom. The summed E-state index contributed by atoms with van der Waals surface area (Å²) in [7, 11) is -5.69. The lowest BCUT2D eigenvalue weighted by atomic mass is 9.97. The molecule has 1 aliphatic rings. The van der Waals surface area contributed by atoms with Gasteiger partial charge in [0.2, 0.25) is 10.0 Å². The Morgan fingerprint density at radius 3 is 2.32 bits per heavy atom. The number of sulfonamides is 1. The molecule has 1 unspecified atom stereocenters. The zero-order valence-electron chi connectivity index (χ0n) is 11.2. The smallest absolute Gasteiger partial charge is 0.310 e. The Kier molecular flexibility index (Phi) is 4.33. The molecule has 112 valence electrons. The summed E-state index contributed by atoms with van der Waals surface area (Å²) in [5, 5.41) is 8.96. The first kappa shape index (κ1) is 16.4. The molecule has 1 atom stereocenters. The molecule has 0 radical (unpaired) electrons. The van der Waals surface area contributed by atoms with Crippen molar-refractivity contribution in [3.05, 3.63) is 0 Å². The van der Waals surface area contributed by atoms with Crippen LogP contribution in [0.25, 0.3) is 0 Å². The highest BCUT2D eigenvalue weighted by molar-refractivity contribution is 7.92. The zero-order valence-corrected chi connectivity index (χ0v) is 12.8. The van der Waals surface area contributed by atoms with Crippen LogP contribution in [0.4, 0.5) is 0 Å². The molecule has 1 fully saturated rings. The van der Waals surface area contributed by atoms with Crippen molar-refractivity contribution in [1.29, 1.82) is 0 Å². The van der Waals surface area contributed by atoms with E-state index in [0.29, 0.717) is 0 Å². The standard InChI is InChI=1S/C10H19NO6S2/c1-10(2,9(12)13)7-19(16,17)11(3)8-4-5-18(14,15)6-8/h8H,4-7H2,1-3H3,(H,12,13). The summed E-state index contributed by atoms with van der Waals surface area (Å²) in [5.74, 6) is -1.98. The number of aliphatic carboxylic acids is 1. The molecule has 0 aromatic rings. The molecule has 1 heterocycles. The van der Waals surface area contributed by atoms with Crippen LogP contribution in [0.15, 0.2) is 0 Å². The van der Waals surface area contributed by atoms with E-state index in [2.05, 4.69) is 0 Å². The first-order valence-corrected chi connectivity index (χ1v) is 9.20. The molecule has 1 rings (SSSR count). The van der Waals surface area contributed by atoms with Gasteiger partial charge in [-0.05, 0) is 20.3 Å². The van der Waals surface area contributed by atoms with Crippen LogP contribution in [-0.2, 0) is 24.7 Å². The summed E-state index contributed by atoms with van der Waals surface area (Å²) in [4.78, 5) is 11.0. The maximum absolute atomic E-state index is 12.1. The van der Waals surface area contributed by atoms with Crippen molar-refractivity contribution in [2.24, 2.45) is 5.41 Å². The van der Waals surface area contributed by atoms with Crippen LogP contribution in [0.2, 0.25) is 0 Å². The van der Waals surface area contributed by atoms with E-state index in [0.717, 1.165) is 4.31 Å². The van der Waals surface area contributed by atoms with Gasteiger partial charge in [-0.25, -0.2) is 21.1 Å². The van der Waals surface area contributed by atoms with Crippen molar-refractivity contribution in [3.8, 4) is 0 Å². The lowest BCUT2D eigenvalue weighted by Crippen LogP contribution is -2.44. The Balaban J connectivity index is 2.87. The van der Waals surface area contributed by atoms with Gasteiger partial charge in [0.1, 0.15) is 0 Å². The molecule has 9 heteroatoms. The Labute approximate surface area is 113 Å².